The van der Waals surface area contributed by atoms with Crippen molar-refractivity contribution >= 4 is 5.78 Å². The zero-order chi connectivity index (χ0) is 9.92. The number of hydrogen-bond donors (Lipinski definition) is 0. The highest BCUT2D eigenvalue weighted by molar-refractivity contribution is 5.84. The molecule has 0 aromatic rings. The van der Waals surface area contributed by atoms with Gasteiger partial charge in [-0.05, 0) is 48.9 Å². The van der Waals surface area contributed by atoms with Crippen molar-refractivity contribution in [1.29, 1.82) is 0 Å². The summed E-state index contributed by atoms with van der Waals surface area (Å²) in [7, 11) is 0. The molecule has 3 fully saturated rings. The lowest BCUT2D eigenvalue weighted by Crippen LogP contribution is -2.19. The Morgan fingerprint density at radius 1 is 1.21 bits per heavy atom. The van der Waals surface area contributed by atoms with Gasteiger partial charge < -0.3 is 0 Å². The van der Waals surface area contributed by atoms with Crippen LogP contribution in [0.5, 0.6) is 0 Å². The average Bonchev–Trinajstić information content (AvgIpc) is 2.61. The maximum atomic E-state index is 11.8. The summed E-state index contributed by atoms with van der Waals surface area (Å²) in [4.78, 5) is 11.8. The molecule has 3 aliphatic carbocycles. The normalized spacial score (nSPS) is 49.4. The van der Waals surface area contributed by atoms with E-state index >= 15 is 0 Å². The molecule has 0 bridgehead atoms. The molecular weight excluding hydrogens is 172 g/mol. The predicted molar refractivity (Wildman–Crippen MR) is 55.8 cm³/mol. The van der Waals surface area contributed by atoms with Crippen LogP contribution in [0.1, 0.15) is 46.0 Å². The van der Waals surface area contributed by atoms with E-state index in [4.69, 9.17) is 0 Å². The van der Waals surface area contributed by atoms with Crippen molar-refractivity contribution < 1.29 is 4.79 Å². The molecule has 2 unspecified atom stereocenters. The van der Waals surface area contributed by atoms with E-state index in [0.29, 0.717) is 17.1 Å². The topological polar surface area (TPSA) is 17.1 Å². The van der Waals surface area contributed by atoms with Crippen LogP contribution in [0.2, 0.25) is 0 Å². The summed E-state index contributed by atoms with van der Waals surface area (Å²) in [6, 6.07) is 0. The molecule has 78 valence electrons. The zero-order valence-electron chi connectivity index (χ0n) is 9.25. The number of ketones is 1. The van der Waals surface area contributed by atoms with E-state index in [1.54, 1.807) is 0 Å². The Hall–Kier alpha value is -0.330. The van der Waals surface area contributed by atoms with Crippen LogP contribution in [-0.2, 0) is 4.79 Å². The summed E-state index contributed by atoms with van der Waals surface area (Å²) in [5, 5.41) is 0. The maximum Gasteiger partial charge on any atom is 0.136 e. The molecule has 14 heavy (non-hydrogen) atoms. The van der Waals surface area contributed by atoms with Gasteiger partial charge in [-0.3, -0.25) is 4.79 Å². The van der Waals surface area contributed by atoms with E-state index in [1.165, 1.54) is 25.7 Å². The molecule has 0 N–H and O–H groups in total. The minimum atomic E-state index is 0.488. The van der Waals surface area contributed by atoms with Gasteiger partial charge in [-0.2, -0.15) is 0 Å². The summed E-state index contributed by atoms with van der Waals surface area (Å²) >= 11 is 0. The van der Waals surface area contributed by atoms with Gasteiger partial charge in [-0.15, -0.1) is 0 Å². The largest absolute Gasteiger partial charge is 0.299 e. The lowest BCUT2D eigenvalue weighted by atomic mass is 9.83. The van der Waals surface area contributed by atoms with Gasteiger partial charge in [0, 0.05) is 12.3 Å². The summed E-state index contributed by atoms with van der Waals surface area (Å²) in [5.74, 6) is 3.53. The summed E-state index contributed by atoms with van der Waals surface area (Å²) in [5.41, 5.74) is 0.517. The van der Waals surface area contributed by atoms with Crippen LogP contribution >= 0.6 is 0 Å². The van der Waals surface area contributed by atoms with Gasteiger partial charge >= 0.3 is 0 Å². The van der Waals surface area contributed by atoms with Gasteiger partial charge in [0.25, 0.3) is 0 Å². The third-order valence-electron chi connectivity index (χ3n) is 4.92. The first kappa shape index (κ1) is 8.94. The van der Waals surface area contributed by atoms with E-state index < -0.39 is 0 Å². The van der Waals surface area contributed by atoms with E-state index in [1.807, 2.05) is 0 Å². The van der Waals surface area contributed by atoms with Crippen molar-refractivity contribution in [1.82, 2.24) is 0 Å². The fourth-order valence-corrected chi connectivity index (χ4v) is 4.61. The Bertz CT molecular complexity index is 279. The number of hydrogen-bond acceptors (Lipinski definition) is 1. The fourth-order valence-electron chi connectivity index (χ4n) is 4.61. The molecule has 3 aliphatic rings. The average molecular weight is 192 g/mol. The minimum Gasteiger partial charge on any atom is -0.299 e. The summed E-state index contributed by atoms with van der Waals surface area (Å²) in [6.45, 7) is 4.75. The molecule has 0 radical (unpaired) electrons. The Labute approximate surface area is 86.3 Å². The molecule has 0 aromatic heterocycles. The second kappa shape index (κ2) is 2.62. The zero-order valence-corrected chi connectivity index (χ0v) is 9.25. The van der Waals surface area contributed by atoms with Crippen LogP contribution in [-0.4, -0.2) is 5.78 Å². The second-order valence-electron chi connectivity index (χ2n) is 6.52. The molecular formula is C13H20O. The third kappa shape index (κ3) is 1.11. The molecule has 1 nitrogen and oxygen atoms in total. The van der Waals surface area contributed by atoms with Crippen LogP contribution < -0.4 is 0 Å². The summed E-state index contributed by atoms with van der Waals surface area (Å²) < 4.78 is 0. The Balaban J connectivity index is 1.86. The molecule has 0 aliphatic heterocycles. The number of carbonyl (C=O) groups is 1. The van der Waals surface area contributed by atoms with E-state index in [2.05, 4.69) is 13.8 Å². The van der Waals surface area contributed by atoms with E-state index in [-0.39, 0.29) is 0 Å². The van der Waals surface area contributed by atoms with Crippen LogP contribution in [0.15, 0.2) is 0 Å². The van der Waals surface area contributed by atoms with E-state index in [0.717, 1.165) is 24.2 Å². The fraction of sp³-hybridized carbons (Fsp3) is 0.923. The highest BCUT2D eigenvalue weighted by Crippen LogP contribution is 2.60. The highest BCUT2D eigenvalue weighted by atomic mass is 16.1. The summed E-state index contributed by atoms with van der Waals surface area (Å²) in [6.07, 6.45) is 6.14. The van der Waals surface area contributed by atoms with Crippen molar-refractivity contribution in [2.45, 2.75) is 46.0 Å². The molecule has 0 spiro atoms. The second-order valence-corrected chi connectivity index (χ2v) is 6.52. The van der Waals surface area contributed by atoms with Crippen molar-refractivity contribution in [2.75, 3.05) is 0 Å². The first-order valence-corrected chi connectivity index (χ1v) is 6.09. The Morgan fingerprint density at radius 2 is 2.00 bits per heavy atom. The standard InChI is InChI=1S/C13H20O/c1-13(2)6-9-5-8-3-4-11(14)12(8)10(9)7-13/h8-10,12H,3-7H2,1-2H3/t8?,9-,10+,12?/m0/s1. The van der Waals surface area contributed by atoms with Crippen LogP contribution in [0.25, 0.3) is 0 Å². The van der Waals surface area contributed by atoms with Crippen LogP contribution in [0.4, 0.5) is 0 Å². The molecule has 3 rings (SSSR count). The number of fused-ring (bicyclic) bond motifs is 3. The lowest BCUT2D eigenvalue weighted by Gasteiger charge is -2.21. The molecule has 0 saturated heterocycles. The van der Waals surface area contributed by atoms with Gasteiger partial charge in [-0.1, -0.05) is 13.8 Å². The number of carbonyl (C=O) groups excluding carboxylic acids is 1. The number of Topliss-reactive ketones (excluding diaryl/α,β-unsaturated/α-hetero) is 1. The van der Waals surface area contributed by atoms with Crippen LogP contribution in [0, 0.1) is 29.1 Å². The predicted octanol–water partition coefficient (Wildman–Crippen LogP) is 3.04. The molecule has 0 aromatic carbocycles. The Kier molecular flexibility index (Phi) is 1.67. The van der Waals surface area contributed by atoms with Crippen molar-refractivity contribution in [2.24, 2.45) is 29.1 Å². The first-order valence-electron chi connectivity index (χ1n) is 6.09. The Morgan fingerprint density at radius 3 is 2.79 bits per heavy atom. The molecule has 4 atom stereocenters. The number of rotatable bonds is 0. The molecule has 0 heterocycles. The first-order chi connectivity index (χ1) is 6.57. The molecule has 1 heteroatoms. The molecule has 3 saturated carbocycles. The quantitative estimate of drug-likeness (QED) is 0.576. The van der Waals surface area contributed by atoms with Crippen molar-refractivity contribution in [3.63, 3.8) is 0 Å². The van der Waals surface area contributed by atoms with Gasteiger partial charge in [0.1, 0.15) is 5.78 Å². The highest BCUT2D eigenvalue weighted by Gasteiger charge is 2.54. The van der Waals surface area contributed by atoms with Gasteiger partial charge in [0.05, 0.1) is 0 Å². The van der Waals surface area contributed by atoms with Gasteiger partial charge in [-0.25, -0.2) is 0 Å². The third-order valence-corrected chi connectivity index (χ3v) is 4.92. The SMILES string of the molecule is CC1(C)C[C@@H]2CC3CCC(=O)C3[C@@H]2C1. The molecule has 0 amide bonds. The van der Waals surface area contributed by atoms with E-state index in [9.17, 15) is 4.79 Å². The smallest absolute Gasteiger partial charge is 0.136 e. The van der Waals surface area contributed by atoms with Gasteiger partial charge in [0.2, 0.25) is 0 Å². The maximum absolute atomic E-state index is 11.8. The van der Waals surface area contributed by atoms with Gasteiger partial charge in [0.15, 0.2) is 0 Å². The minimum absolute atomic E-state index is 0.488. The lowest BCUT2D eigenvalue weighted by molar-refractivity contribution is -0.122. The monoisotopic (exact) mass is 192 g/mol. The van der Waals surface area contributed by atoms with Crippen molar-refractivity contribution in [3.05, 3.63) is 0 Å². The van der Waals surface area contributed by atoms with Crippen LogP contribution in [0.3, 0.4) is 0 Å². The van der Waals surface area contributed by atoms with Crippen molar-refractivity contribution in [3.8, 4) is 0 Å².